The van der Waals surface area contributed by atoms with E-state index in [1.165, 1.54) is 0 Å². The largest absolute Gasteiger partial charge is 0.453 e. The molecule has 0 spiro atoms. The molecule has 3 heterocycles. The van der Waals surface area contributed by atoms with Gasteiger partial charge < -0.3 is 19.4 Å². The minimum atomic E-state index is -4.47. The number of carbonyl (C=O) groups is 1. The van der Waals surface area contributed by atoms with Gasteiger partial charge in [-0.25, -0.2) is 4.98 Å². The van der Waals surface area contributed by atoms with Crippen molar-refractivity contribution in [1.82, 2.24) is 14.9 Å². The smallest absolute Gasteiger partial charge is 0.432 e. The lowest BCUT2D eigenvalue weighted by Gasteiger charge is -2.31. The fourth-order valence-corrected chi connectivity index (χ4v) is 3.05. The number of imidazole rings is 1. The fourth-order valence-electron chi connectivity index (χ4n) is 3.05. The fraction of sp³-hybridized carbons (Fsp3) is 0.500. The minimum Gasteiger partial charge on any atom is -0.453 e. The zero-order chi connectivity index (χ0) is 18.2. The van der Waals surface area contributed by atoms with Gasteiger partial charge in [0.1, 0.15) is 23.9 Å². The highest BCUT2D eigenvalue weighted by Crippen LogP contribution is 2.31. The van der Waals surface area contributed by atoms with Gasteiger partial charge in [-0.1, -0.05) is 0 Å². The van der Waals surface area contributed by atoms with Crippen LogP contribution in [-0.4, -0.2) is 39.0 Å². The summed E-state index contributed by atoms with van der Waals surface area (Å²) >= 11 is 0. The molecule has 0 bridgehead atoms. The number of aliphatic hydroxyl groups excluding tert-OH is 1. The lowest BCUT2D eigenvalue weighted by atomic mass is 9.97. The summed E-state index contributed by atoms with van der Waals surface area (Å²) < 4.78 is 43.5. The van der Waals surface area contributed by atoms with E-state index in [9.17, 15) is 18.0 Å². The number of carbonyl (C=O) groups excluding carboxylic acids is 1. The van der Waals surface area contributed by atoms with Gasteiger partial charge in [-0.15, -0.1) is 0 Å². The van der Waals surface area contributed by atoms with Gasteiger partial charge in [0.15, 0.2) is 5.76 Å². The third-order valence-corrected chi connectivity index (χ3v) is 4.32. The Morgan fingerprint density at radius 2 is 2.28 bits per heavy atom. The van der Waals surface area contributed by atoms with Crippen molar-refractivity contribution in [2.24, 2.45) is 0 Å². The average Bonchev–Trinajstić information content (AvgIpc) is 3.21. The van der Waals surface area contributed by atoms with Gasteiger partial charge >= 0.3 is 6.18 Å². The van der Waals surface area contributed by atoms with Crippen molar-refractivity contribution in [3.05, 3.63) is 40.9 Å². The van der Waals surface area contributed by atoms with Crippen LogP contribution >= 0.6 is 0 Å². The molecule has 3 rings (SSSR count). The van der Waals surface area contributed by atoms with Gasteiger partial charge in [0, 0.05) is 24.6 Å². The van der Waals surface area contributed by atoms with Gasteiger partial charge in [0.25, 0.3) is 5.91 Å². The van der Waals surface area contributed by atoms with E-state index in [1.54, 1.807) is 17.9 Å². The second kappa shape index (κ2) is 6.55. The number of likely N-dealkylation sites (tertiary alicyclic amines) is 1. The molecule has 1 fully saturated rings. The first kappa shape index (κ1) is 17.5. The number of aromatic nitrogens is 2. The van der Waals surface area contributed by atoms with E-state index in [-0.39, 0.29) is 36.6 Å². The van der Waals surface area contributed by atoms with Crippen molar-refractivity contribution in [3.63, 3.8) is 0 Å². The molecule has 0 unspecified atom stereocenters. The first-order valence-corrected chi connectivity index (χ1v) is 7.91. The summed E-state index contributed by atoms with van der Waals surface area (Å²) in [6.45, 7) is 2.16. The highest BCUT2D eigenvalue weighted by Gasteiger charge is 2.35. The number of furan rings is 1. The quantitative estimate of drug-likeness (QED) is 0.885. The highest BCUT2D eigenvalue weighted by atomic mass is 19.4. The molecule has 9 heteroatoms. The van der Waals surface area contributed by atoms with Gasteiger partial charge in [-0.2, -0.15) is 13.2 Å². The van der Waals surface area contributed by atoms with Crippen molar-refractivity contribution in [2.45, 2.75) is 38.5 Å². The van der Waals surface area contributed by atoms with Crippen LogP contribution in [0.3, 0.4) is 0 Å². The molecule has 136 valence electrons. The van der Waals surface area contributed by atoms with Crippen LogP contribution in [0.2, 0.25) is 0 Å². The van der Waals surface area contributed by atoms with Crippen molar-refractivity contribution in [1.29, 1.82) is 0 Å². The van der Waals surface area contributed by atoms with Crippen LogP contribution < -0.4 is 0 Å². The van der Waals surface area contributed by atoms with Gasteiger partial charge in [-0.3, -0.25) is 4.79 Å². The first-order chi connectivity index (χ1) is 11.8. The Bertz CT molecular complexity index is 766. The summed E-state index contributed by atoms with van der Waals surface area (Å²) in [7, 11) is 0. The molecule has 25 heavy (non-hydrogen) atoms. The number of halogens is 3. The van der Waals surface area contributed by atoms with E-state index in [2.05, 4.69) is 9.97 Å². The Hall–Kier alpha value is -2.29. The SMILES string of the molecule is Cc1cc(CO)oc1C(=O)N1CCC[C@H](c2ncc(C(F)(F)F)[nH]2)C1. The molecule has 1 aliphatic heterocycles. The molecule has 6 nitrogen and oxygen atoms in total. The van der Waals surface area contributed by atoms with E-state index in [4.69, 9.17) is 9.52 Å². The summed E-state index contributed by atoms with van der Waals surface area (Å²) in [6.07, 6.45) is -2.39. The predicted octanol–water partition coefficient (Wildman–Crippen LogP) is 2.84. The Labute approximate surface area is 141 Å². The molecule has 2 aromatic rings. The number of rotatable bonds is 3. The summed E-state index contributed by atoms with van der Waals surface area (Å²) in [5.41, 5.74) is -0.269. The lowest BCUT2D eigenvalue weighted by Crippen LogP contribution is -2.39. The second-order valence-corrected chi connectivity index (χ2v) is 6.15. The van der Waals surface area contributed by atoms with Gasteiger partial charge in [-0.05, 0) is 25.8 Å². The second-order valence-electron chi connectivity index (χ2n) is 6.15. The van der Waals surface area contributed by atoms with Crippen LogP contribution in [0, 0.1) is 6.92 Å². The van der Waals surface area contributed by atoms with E-state index >= 15 is 0 Å². The third kappa shape index (κ3) is 3.55. The van der Waals surface area contributed by atoms with E-state index in [1.807, 2.05) is 0 Å². The maximum atomic E-state index is 12.7. The van der Waals surface area contributed by atoms with Crippen LogP contribution in [-0.2, 0) is 12.8 Å². The van der Waals surface area contributed by atoms with Gasteiger partial charge in [0.2, 0.25) is 0 Å². The number of hydrogen-bond donors (Lipinski definition) is 2. The third-order valence-electron chi connectivity index (χ3n) is 4.32. The molecule has 0 saturated carbocycles. The lowest BCUT2D eigenvalue weighted by molar-refractivity contribution is -0.141. The normalized spacial score (nSPS) is 18.6. The predicted molar refractivity (Wildman–Crippen MR) is 80.8 cm³/mol. The maximum absolute atomic E-state index is 12.7. The Morgan fingerprint density at radius 3 is 2.88 bits per heavy atom. The number of aliphatic hydroxyl groups is 1. The van der Waals surface area contributed by atoms with E-state index in [0.29, 0.717) is 30.7 Å². The van der Waals surface area contributed by atoms with Crippen molar-refractivity contribution in [2.75, 3.05) is 13.1 Å². The molecule has 0 aromatic carbocycles. The number of hydrogen-bond acceptors (Lipinski definition) is 4. The molecular weight excluding hydrogens is 339 g/mol. The highest BCUT2D eigenvalue weighted by molar-refractivity contribution is 5.93. The monoisotopic (exact) mass is 357 g/mol. The zero-order valence-electron chi connectivity index (χ0n) is 13.6. The maximum Gasteiger partial charge on any atom is 0.432 e. The van der Waals surface area contributed by atoms with E-state index < -0.39 is 11.9 Å². The topological polar surface area (TPSA) is 82.4 Å². The summed E-state index contributed by atoms with van der Waals surface area (Å²) in [6, 6.07) is 1.59. The Balaban J connectivity index is 1.75. The van der Waals surface area contributed by atoms with Crippen LogP contribution in [0.25, 0.3) is 0 Å². The number of alkyl halides is 3. The van der Waals surface area contributed by atoms with Crippen molar-refractivity contribution >= 4 is 5.91 Å². The van der Waals surface area contributed by atoms with Gasteiger partial charge in [0.05, 0.1) is 6.20 Å². The number of nitrogens with one attached hydrogen (secondary N) is 1. The van der Waals surface area contributed by atoms with Crippen molar-refractivity contribution < 1.29 is 27.5 Å². The summed E-state index contributed by atoms with van der Waals surface area (Å²) in [5.74, 6) is 0.0679. The number of nitrogens with zero attached hydrogens (tertiary/aromatic N) is 2. The molecule has 1 aliphatic rings. The number of aromatic amines is 1. The first-order valence-electron chi connectivity index (χ1n) is 7.91. The average molecular weight is 357 g/mol. The number of piperidine rings is 1. The Kier molecular flexibility index (Phi) is 4.59. The minimum absolute atomic E-state index is 0.153. The van der Waals surface area contributed by atoms with Crippen LogP contribution in [0.5, 0.6) is 0 Å². The van der Waals surface area contributed by atoms with Crippen molar-refractivity contribution in [3.8, 4) is 0 Å². The molecule has 2 aromatic heterocycles. The molecule has 0 aliphatic carbocycles. The molecule has 1 saturated heterocycles. The zero-order valence-corrected chi connectivity index (χ0v) is 13.6. The van der Waals surface area contributed by atoms with Crippen LogP contribution in [0.1, 0.15) is 52.2 Å². The molecular formula is C16H18F3N3O3. The number of amides is 1. The molecule has 0 radical (unpaired) electrons. The Morgan fingerprint density at radius 1 is 1.52 bits per heavy atom. The van der Waals surface area contributed by atoms with E-state index in [0.717, 1.165) is 6.20 Å². The number of H-pyrrole nitrogens is 1. The standard InChI is InChI=1S/C16H18F3N3O3/c1-9-5-11(8-23)25-13(9)15(24)22-4-2-3-10(7-22)14-20-6-12(21-14)16(17,18)19/h5-6,10,23H,2-4,7-8H2,1H3,(H,20,21)/t10-/m0/s1. The summed E-state index contributed by atoms with van der Waals surface area (Å²) in [5, 5.41) is 9.10. The molecule has 1 amide bonds. The summed E-state index contributed by atoms with van der Waals surface area (Å²) in [4.78, 5) is 20.3. The number of aryl methyl sites for hydroxylation is 1. The van der Waals surface area contributed by atoms with Crippen LogP contribution in [0.15, 0.2) is 16.7 Å². The molecule has 1 atom stereocenters. The van der Waals surface area contributed by atoms with Crippen LogP contribution in [0.4, 0.5) is 13.2 Å². The molecule has 2 N–H and O–H groups in total.